The van der Waals surface area contributed by atoms with Gasteiger partial charge in [0.05, 0.1) is 23.5 Å². The van der Waals surface area contributed by atoms with Gasteiger partial charge in [0.2, 0.25) is 5.91 Å². The van der Waals surface area contributed by atoms with Gasteiger partial charge in [-0.15, -0.1) is 11.3 Å². The Kier molecular flexibility index (Phi) is 6.35. The van der Waals surface area contributed by atoms with Crippen molar-refractivity contribution < 1.29 is 13.6 Å². The van der Waals surface area contributed by atoms with Gasteiger partial charge in [-0.25, -0.2) is 13.8 Å². The molecule has 0 atom stereocenters. The van der Waals surface area contributed by atoms with Gasteiger partial charge < -0.3 is 5.32 Å². The third-order valence-electron chi connectivity index (χ3n) is 4.35. The number of rotatable bonds is 6. The van der Waals surface area contributed by atoms with E-state index in [-0.39, 0.29) is 23.5 Å². The first-order valence-corrected chi connectivity index (χ1v) is 11.3. The lowest BCUT2D eigenvalue weighted by atomic mass is 10.2. The zero-order valence-electron chi connectivity index (χ0n) is 15.8. The number of nitrogens with zero attached hydrogens (tertiary/aromatic N) is 2. The number of amides is 1. The summed E-state index contributed by atoms with van der Waals surface area (Å²) in [7, 11) is 0. The van der Waals surface area contributed by atoms with E-state index in [9.17, 15) is 18.4 Å². The Morgan fingerprint density at radius 1 is 1.19 bits per heavy atom. The molecule has 0 radical (unpaired) electrons. The van der Waals surface area contributed by atoms with E-state index in [0.717, 1.165) is 35.5 Å². The summed E-state index contributed by atoms with van der Waals surface area (Å²) in [5.41, 5.74) is 0.779. The van der Waals surface area contributed by atoms with Crippen LogP contribution in [-0.2, 0) is 11.3 Å². The summed E-state index contributed by atoms with van der Waals surface area (Å²) in [5, 5.41) is 4.94. The number of halogens is 3. The van der Waals surface area contributed by atoms with Crippen molar-refractivity contribution in [1.29, 1.82) is 0 Å². The molecule has 10 heteroatoms. The molecule has 0 spiro atoms. The van der Waals surface area contributed by atoms with Crippen molar-refractivity contribution in [3.8, 4) is 0 Å². The molecule has 31 heavy (non-hydrogen) atoms. The van der Waals surface area contributed by atoms with Crippen LogP contribution in [0.15, 0.2) is 63.9 Å². The Morgan fingerprint density at radius 3 is 2.81 bits per heavy atom. The van der Waals surface area contributed by atoms with Crippen LogP contribution >= 0.6 is 34.7 Å². The van der Waals surface area contributed by atoms with Gasteiger partial charge in [-0.2, -0.15) is 0 Å². The number of aromatic nitrogens is 2. The Balaban J connectivity index is 1.60. The summed E-state index contributed by atoms with van der Waals surface area (Å²) in [4.78, 5) is 29.9. The van der Waals surface area contributed by atoms with E-state index in [1.807, 2.05) is 6.07 Å². The molecule has 2 heterocycles. The van der Waals surface area contributed by atoms with Gasteiger partial charge in [0.25, 0.3) is 5.56 Å². The van der Waals surface area contributed by atoms with E-state index in [2.05, 4.69) is 10.3 Å². The molecular weight excluding hydrogens is 464 g/mol. The van der Waals surface area contributed by atoms with Crippen LogP contribution in [-0.4, -0.2) is 21.2 Å². The molecule has 0 aliphatic heterocycles. The maximum absolute atomic E-state index is 13.8. The van der Waals surface area contributed by atoms with Gasteiger partial charge in [-0.05, 0) is 35.2 Å². The summed E-state index contributed by atoms with van der Waals surface area (Å²) in [6, 6.07) is 11.7. The molecule has 0 fully saturated rings. The summed E-state index contributed by atoms with van der Waals surface area (Å²) < 4.78 is 29.1. The zero-order valence-corrected chi connectivity index (χ0v) is 18.2. The quantitative estimate of drug-likeness (QED) is 0.307. The van der Waals surface area contributed by atoms with Crippen LogP contribution in [0.5, 0.6) is 0 Å². The van der Waals surface area contributed by atoms with E-state index in [1.165, 1.54) is 15.9 Å². The SMILES string of the molecule is O=C(CSc1nc2ccsc2c(=O)n1Cc1ccccc1Cl)Nc1cc(F)ccc1F. The zero-order chi connectivity index (χ0) is 22.0. The third-order valence-corrected chi connectivity index (χ3v) is 6.59. The predicted molar refractivity (Wildman–Crippen MR) is 120 cm³/mol. The molecule has 0 saturated carbocycles. The van der Waals surface area contributed by atoms with Crippen LogP contribution < -0.4 is 10.9 Å². The van der Waals surface area contributed by atoms with E-state index >= 15 is 0 Å². The second-order valence-electron chi connectivity index (χ2n) is 6.47. The topological polar surface area (TPSA) is 64.0 Å². The normalized spacial score (nSPS) is 11.1. The minimum absolute atomic E-state index is 0.152. The first kappa shape index (κ1) is 21.5. The van der Waals surface area contributed by atoms with Crippen molar-refractivity contribution in [3.05, 3.63) is 86.5 Å². The fraction of sp³-hybridized carbons (Fsp3) is 0.0952. The van der Waals surface area contributed by atoms with Crippen LogP contribution in [0.25, 0.3) is 10.2 Å². The first-order chi connectivity index (χ1) is 14.9. The lowest BCUT2D eigenvalue weighted by molar-refractivity contribution is -0.113. The fourth-order valence-corrected chi connectivity index (χ4v) is 4.65. The number of benzene rings is 2. The molecule has 4 aromatic rings. The molecule has 1 N–H and O–H groups in total. The highest BCUT2D eigenvalue weighted by Gasteiger charge is 2.16. The maximum atomic E-state index is 13.8. The molecule has 158 valence electrons. The molecule has 0 unspecified atom stereocenters. The summed E-state index contributed by atoms with van der Waals surface area (Å²) >= 11 is 8.56. The van der Waals surface area contributed by atoms with E-state index < -0.39 is 17.5 Å². The minimum Gasteiger partial charge on any atom is -0.323 e. The number of hydrogen-bond donors (Lipinski definition) is 1. The average molecular weight is 478 g/mol. The number of thioether (sulfide) groups is 1. The molecule has 0 aliphatic carbocycles. The van der Waals surface area contributed by atoms with Crippen LogP contribution in [0.1, 0.15) is 5.56 Å². The largest absolute Gasteiger partial charge is 0.323 e. The van der Waals surface area contributed by atoms with E-state index in [1.54, 1.807) is 29.6 Å². The van der Waals surface area contributed by atoms with E-state index in [0.29, 0.717) is 20.4 Å². The van der Waals surface area contributed by atoms with Crippen molar-refractivity contribution in [2.24, 2.45) is 0 Å². The second-order valence-corrected chi connectivity index (χ2v) is 8.74. The van der Waals surface area contributed by atoms with Gasteiger partial charge in [0.1, 0.15) is 16.3 Å². The maximum Gasteiger partial charge on any atom is 0.272 e. The smallest absolute Gasteiger partial charge is 0.272 e. The third kappa shape index (κ3) is 4.79. The number of carbonyl (C=O) groups excluding carboxylic acids is 1. The van der Waals surface area contributed by atoms with Gasteiger partial charge >= 0.3 is 0 Å². The lowest BCUT2D eigenvalue weighted by Gasteiger charge is -2.13. The van der Waals surface area contributed by atoms with Crippen LogP contribution in [0.3, 0.4) is 0 Å². The summed E-state index contributed by atoms with van der Waals surface area (Å²) in [5.74, 6) is -2.12. The van der Waals surface area contributed by atoms with Crippen molar-refractivity contribution >= 4 is 56.5 Å². The number of hydrogen-bond acceptors (Lipinski definition) is 5. The summed E-state index contributed by atoms with van der Waals surface area (Å²) in [6.45, 7) is 0.182. The van der Waals surface area contributed by atoms with Crippen LogP contribution in [0.4, 0.5) is 14.5 Å². The fourth-order valence-electron chi connectivity index (χ4n) is 2.88. The highest BCUT2D eigenvalue weighted by atomic mass is 35.5. The second kappa shape index (κ2) is 9.17. The van der Waals surface area contributed by atoms with Crippen LogP contribution in [0.2, 0.25) is 5.02 Å². The number of carbonyl (C=O) groups is 1. The van der Waals surface area contributed by atoms with Gasteiger partial charge in [0, 0.05) is 11.1 Å². The van der Waals surface area contributed by atoms with Crippen LogP contribution in [0, 0.1) is 11.6 Å². The molecule has 5 nitrogen and oxygen atoms in total. The summed E-state index contributed by atoms with van der Waals surface area (Å²) in [6.07, 6.45) is 0. The molecule has 0 bridgehead atoms. The minimum atomic E-state index is -0.742. The Morgan fingerprint density at radius 2 is 2.00 bits per heavy atom. The van der Waals surface area contributed by atoms with Crippen molar-refractivity contribution in [3.63, 3.8) is 0 Å². The Bertz CT molecular complexity index is 1340. The first-order valence-electron chi connectivity index (χ1n) is 9.01. The Hall–Kier alpha value is -2.75. The number of nitrogens with one attached hydrogen (secondary N) is 1. The van der Waals surface area contributed by atoms with Crippen molar-refractivity contribution in [2.75, 3.05) is 11.1 Å². The van der Waals surface area contributed by atoms with Gasteiger partial charge in [-0.1, -0.05) is 41.6 Å². The van der Waals surface area contributed by atoms with Gasteiger partial charge in [0.15, 0.2) is 5.16 Å². The monoisotopic (exact) mass is 477 g/mol. The van der Waals surface area contributed by atoms with Crippen molar-refractivity contribution in [2.45, 2.75) is 11.7 Å². The molecule has 2 aromatic heterocycles. The Labute approximate surface area is 188 Å². The number of anilines is 1. The number of fused-ring (bicyclic) bond motifs is 1. The highest BCUT2D eigenvalue weighted by Crippen LogP contribution is 2.24. The highest BCUT2D eigenvalue weighted by molar-refractivity contribution is 7.99. The van der Waals surface area contributed by atoms with Gasteiger partial charge in [-0.3, -0.25) is 14.2 Å². The molecule has 1 amide bonds. The average Bonchev–Trinajstić information content (AvgIpc) is 3.22. The standard InChI is InChI=1S/C21H14ClF2N3O2S2/c22-14-4-2-1-3-12(14)10-27-20(29)19-16(7-8-30-19)26-21(27)31-11-18(28)25-17-9-13(23)5-6-15(17)24/h1-9H,10-11H2,(H,25,28). The van der Waals surface area contributed by atoms with E-state index in [4.69, 9.17) is 11.6 Å². The lowest BCUT2D eigenvalue weighted by Crippen LogP contribution is -2.24. The number of thiophene rings is 1. The molecule has 0 aliphatic rings. The molecular formula is C21H14ClF2N3O2S2. The van der Waals surface area contributed by atoms with Crippen molar-refractivity contribution in [1.82, 2.24) is 9.55 Å². The predicted octanol–water partition coefficient (Wildman–Crippen LogP) is 5.17. The molecule has 4 rings (SSSR count). The molecule has 2 aromatic carbocycles. The molecule has 0 saturated heterocycles.